The van der Waals surface area contributed by atoms with Gasteiger partial charge in [-0.1, -0.05) is 18.2 Å². The second kappa shape index (κ2) is 5.04. The fourth-order valence-electron chi connectivity index (χ4n) is 2.58. The van der Waals surface area contributed by atoms with E-state index in [2.05, 4.69) is 0 Å². The van der Waals surface area contributed by atoms with Crippen LogP contribution in [0, 0.1) is 0 Å². The Balaban J connectivity index is 1.90. The van der Waals surface area contributed by atoms with Gasteiger partial charge in [0.2, 0.25) is 0 Å². The Morgan fingerprint density at radius 2 is 1.95 bits per heavy atom. The van der Waals surface area contributed by atoms with Crippen LogP contribution in [0.15, 0.2) is 36.4 Å². The molecule has 21 heavy (non-hydrogen) atoms. The van der Waals surface area contributed by atoms with E-state index in [4.69, 9.17) is 14.2 Å². The van der Waals surface area contributed by atoms with Crippen molar-refractivity contribution in [2.75, 3.05) is 13.7 Å². The minimum Gasteiger partial charge on any atom is -0.497 e. The molecule has 1 heterocycles. The lowest BCUT2D eigenvalue weighted by atomic mass is 9.95. The molecule has 1 aliphatic rings. The van der Waals surface area contributed by atoms with E-state index in [-0.39, 0.29) is 5.97 Å². The molecule has 0 aromatic heterocycles. The number of carbonyl (C=O) groups is 1. The van der Waals surface area contributed by atoms with Gasteiger partial charge in [0.05, 0.1) is 13.7 Å². The van der Waals surface area contributed by atoms with Gasteiger partial charge in [0.15, 0.2) is 6.10 Å². The summed E-state index contributed by atoms with van der Waals surface area (Å²) >= 11 is 0. The minimum absolute atomic E-state index is 0.296. The molecule has 0 unspecified atom stereocenters. The number of hydrogen-bond acceptors (Lipinski definition) is 4. The van der Waals surface area contributed by atoms with E-state index in [9.17, 15) is 4.79 Å². The summed E-state index contributed by atoms with van der Waals surface area (Å²) in [5.74, 6) is 0.531. The number of hydrogen-bond donors (Lipinski definition) is 0. The van der Waals surface area contributed by atoms with E-state index < -0.39 is 11.7 Å². The molecule has 2 aromatic carbocycles. The summed E-state index contributed by atoms with van der Waals surface area (Å²) in [4.78, 5) is 11.8. The SMILES string of the molecule is CCOC(=O)[C@@H]1O[C@@]1(C)c1ccc2cc(OC)ccc2c1. The van der Waals surface area contributed by atoms with Crippen molar-refractivity contribution >= 4 is 16.7 Å². The third-order valence-electron chi connectivity index (χ3n) is 3.93. The zero-order valence-corrected chi connectivity index (χ0v) is 12.4. The number of benzene rings is 2. The van der Waals surface area contributed by atoms with Gasteiger partial charge < -0.3 is 14.2 Å². The summed E-state index contributed by atoms with van der Waals surface area (Å²) in [5.41, 5.74) is 0.401. The standard InChI is InChI=1S/C17H18O4/c1-4-20-16(18)15-17(2,21-15)13-7-5-12-10-14(19-3)8-6-11(12)9-13/h5-10,15H,4H2,1-3H3/t15-,17-/m0/s1. The number of epoxide rings is 1. The van der Waals surface area contributed by atoms with Gasteiger partial charge in [0.1, 0.15) is 11.4 Å². The van der Waals surface area contributed by atoms with Crippen molar-refractivity contribution < 1.29 is 19.0 Å². The van der Waals surface area contributed by atoms with E-state index in [1.807, 2.05) is 43.3 Å². The van der Waals surface area contributed by atoms with Gasteiger partial charge in [-0.3, -0.25) is 0 Å². The lowest BCUT2D eigenvalue weighted by molar-refractivity contribution is -0.144. The first kappa shape index (κ1) is 13.9. The highest BCUT2D eigenvalue weighted by atomic mass is 16.7. The van der Waals surface area contributed by atoms with E-state index in [1.54, 1.807) is 14.0 Å². The summed E-state index contributed by atoms with van der Waals surface area (Å²) in [6.07, 6.45) is -0.506. The summed E-state index contributed by atoms with van der Waals surface area (Å²) in [6, 6.07) is 12.0. The number of methoxy groups -OCH3 is 1. The van der Waals surface area contributed by atoms with Crippen LogP contribution < -0.4 is 4.74 Å². The van der Waals surface area contributed by atoms with Crippen molar-refractivity contribution in [2.24, 2.45) is 0 Å². The molecule has 2 atom stereocenters. The molecule has 1 fully saturated rings. The Bertz CT molecular complexity index is 694. The van der Waals surface area contributed by atoms with Crippen molar-refractivity contribution in [1.82, 2.24) is 0 Å². The molecule has 2 aromatic rings. The number of esters is 1. The van der Waals surface area contributed by atoms with Crippen LogP contribution in [0.4, 0.5) is 0 Å². The highest BCUT2D eigenvalue weighted by Crippen LogP contribution is 2.47. The van der Waals surface area contributed by atoms with Gasteiger partial charge in [0, 0.05) is 0 Å². The molecule has 0 amide bonds. The zero-order valence-electron chi connectivity index (χ0n) is 12.4. The number of ether oxygens (including phenoxy) is 3. The second-order valence-corrected chi connectivity index (χ2v) is 5.28. The van der Waals surface area contributed by atoms with Gasteiger partial charge in [0.25, 0.3) is 0 Å². The maximum absolute atomic E-state index is 11.8. The monoisotopic (exact) mass is 286 g/mol. The first-order chi connectivity index (χ1) is 10.1. The lowest BCUT2D eigenvalue weighted by Gasteiger charge is -2.09. The maximum atomic E-state index is 11.8. The Hall–Kier alpha value is -2.07. The molecule has 1 saturated heterocycles. The third kappa shape index (κ3) is 2.36. The van der Waals surface area contributed by atoms with Gasteiger partial charge in [-0.15, -0.1) is 0 Å². The van der Waals surface area contributed by atoms with Crippen LogP contribution in [-0.2, 0) is 19.9 Å². The maximum Gasteiger partial charge on any atom is 0.338 e. The van der Waals surface area contributed by atoms with Crippen LogP contribution in [0.2, 0.25) is 0 Å². The predicted octanol–water partition coefficient (Wildman–Crippen LogP) is 3.03. The summed E-state index contributed by atoms with van der Waals surface area (Å²) in [7, 11) is 1.65. The average Bonchev–Trinajstić information content (AvgIpc) is 3.20. The van der Waals surface area contributed by atoms with E-state index in [1.165, 1.54) is 0 Å². The van der Waals surface area contributed by atoms with E-state index >= 15 is 0 Å². The topological polar surface area (TPSA) is 48.1 Å². The molecule has 0 aliphatic carbocycles. The highest BCUT2D eigenvalue weighted by Gasteiger charge is 2.59. The van der Waals surface area contributed by atoms with Crippen molar-refractivity contribution in [1.29, 1.82) is 0 Å². The molecule has 3 rings (SSSR count). The van der Waals surface area contributed by atoms with E-state index in [0.717, 1.165) is 22.1 Å². The average molecular weight is 286 g/mol. The molecular formula is C17H18O4. The highest BCUT2D eigenvalue weighted by molar-refractivity contribution is 5.86. The normalized spacial score (nSPS) is 23.9. The minimum atomic E-state index is -0.583. The Labute approximate surface area is 123 Å². The van der Waals surface area contributed by atoms with E-state index in [0.29, 0.717) is 6.61 Å². The molecule has 4 nitrogen and oxygen atoms in total. The van der Waals surface area contributed by atoms with Crippen LogP contribution in [0.3, 0.4) is 0 Å². The molecule has 0 radical (unpaired) electrons. The predicted molar refractivity (Wildman–Crippen MR) is 79.4 cm³/mol. The summed E-state index contributed by atoms with van der Waals surface area (Å²) in [6.45, 7) is 4.08. The fourth-order valence-corrected chi connectivity index (χ4v) is 2.58. The van der Waals surface area contributed by atoms with Crippen LogP contribution in [0.1, 0.15) is 19.4 Å². The molecule has 0 saturated carbocycles. The smallest absolute Gasteiger partial charge is 0.338 e. The van der Waals surface area contributed by atoms with Crippen molar-refractivity contribution in [2.45, 2.75) is 25.6 Å². The Morgan fingerprint density at radius 1 is 1.24 bits per heavy atom. The largest absolute Gasteiger partial charge is 0.497 e. The van der Waals surface area contributed by atoms with Crippen LogP contribution >= 0.6 is 0 Å². The van der Waals surface area contributed by atoms with Gasteiger partial charge in [-0.25, -0.2) is 4.79 Å². The first-order valence-electron chi connectivity index (χ1n) is 7.01. The Morgan fingerprint density at radius 3 is 2.67 bits per heavy atom. The molecule has 0 N–H and O–H groups in total. The summed E-state index contributed by atoms with van der Waals surface area (Å²) in [5, 5.41) is 2.18. The first-order valence-corrected chi connectivity index (χ1v) is 7.01. The van der Waals surface area contributed by atoms with Crippen molar-refractivity contribution in [3.05, 3.63) is 42.0 Å². The number of carbonyl (C=O) groups excluding carboxylic acids is 1. The van der Waals surface area contributed by atoms with Crippen LogP contribution in [-0.4, -0.2) is 25.8 Å². The van der Waals surface area contributed by atoms with Crippen molar-refractivity contribution in [3.63, 3.8) is 0 Å². The third-order valence-corrected chi connectivity index (χ3v) is 3.93. The summed E-state index contributed by atoms with van der Waals surface area (Å²) < 4.78 is 15.8. The molecule has 0 bridgehead atoms. The molecule has 110 valence electrons. The molecule has 4 heteroatoms. The van der Waals surface area contributed by atoms with Crippen LogP contribution in [0.5, 0.6) is 5.75 Å². The molecular weight excluding hydrogens is 268 g/mol. The lowest BCUT2D eigenvalue weighted by Crippen LogP contribution is -2.18. The van der Waals surface area contributed by atoms with Crippen molar-refractivity contribution in [3.8, 4) is 5.75 Å². The van der Waals surface area contributed by atoms with Gasteiger partial charge in [-0.05, 0) is 48.4 Å². The number of rotatable bonds is 4. The Kier molecular flexibility index (Phi) is 3.33. The fraction of sp³-hybridized carbons (Fsp3) is 0.353. The number of fused-ring (bicyclic) bond motifs is 1. The van der Waals surface area contributed by atoms with Gasteiger partial charge >= 0.3 is 5.97 Å². The zero-order chi connectivity index (χ0) is 15.0. The molecule has 1 aliphatic heterocycles. The quantitative estimate of drug-likeness (QED) is 0.640. The van der Waals surface area contributed by atoms with Gasteiger partial charge in [-0.2, -0.15) is 0 Å². The second-order valence-electron chi connectivity index (χ2n) is 5.28. The van der Waals surface area contributed by atoms with Crippen LogP contribution in [0.25, 0.3) is 10.8 Å². The molecule has 0 spiro atoms.